The van der Waals surface area contributed by atoms with Gasteiger partial charge in [-0.2, -0.15) is 0 Å². The van der Waals surface area contributed by atoms with E-state index in [9.17, 15) is 15.0 Å². The molecule has 6 heteroatoms. The van der Waals surface area contributed by atoms with E-state index in [1.54, 1.807) is 12.3 Å². The Balaban J connectivity index is 0.000000449. The van der Waals surface area contributed by atoms with Crippen molar-refractivity contribution in [2.24, 2.45) is 0 Å². The Kier molecular flexibility index (Phi) is 10.3. The Hall–Kier alpha value is -3.11. The fraction of sp³-hybridized carbons (Fsp3) is 0.143. The zero-order valence-electron chi connectivity index (χ0n) is 18.9. The van der Waals surface area contributed by atoms with Gasteiger partial charge in [-0.15, -0.1) is 29.3 Å². The second kappa shape index (κ2) is 12.9. The predicted molar refractivity (Wildman–Crippen MR) is 130 cm³/mol. The van der Waals surface area contributed by atoms with Gasteiger partial charge in [0.2, 0.25) is 0 Å². The van der Waals surface area contributed by atoms with Gasteiger partial charge in [-0.3, -0.25) is 4.79 Å². The van der Waals surface area contributed by atoms with Gasteiger partial charge < -0.3 is 20.3 Å². The van der Waals surface area contributed by atoms with Crippen LogP contribution in [0.25, 0.3) is 33.2 Å². The van der Waals surface area contributed by atoms with Crippen molar-refractivity contribution >= 4 is 16.6 Å². The normalized spacial score (nSPS) is 10.8. The van der Waals surface area contributed by atoms with E-state index in [0.717, 1.165) is 27.8 Å². The second-order valence-corrected chi connectivity index (χ2v) is 7.58. The summed E-state index contributed by atoms with van der Waals surface area (Å²) in [4.78, 5) is 14.4. The molecule has 34 heavy (non-hydrogen) atoms. The fourth-order valence-electron chi connectivity index (χ4n) is 3.54. The molecular weight excluding hydrogens is 609 g/mol. The SMILES string of the molecule is CC(=O)/C=C(/C)O.OCc1ccnc(-c2[c-]cc(-c3cccc4ccccc34)cc2CO)c1.[Pt]. The number of nitrogens with zero attached hydrogens (tertiary/aromatic N) is 1. The van der Waals surface area contributed by atoms with Crippen LogP contribution in [0.5, 0.6) is 0 Å². The molecule has 1 heterocycles. The molecule has 0 atom stereocenters. The smallest absolute Gasteiger partial charge is 0.155 e. The van der Waals surface area contributed by atoms with Crippen molar-refractivity contribution in [1.82, 2.24) is 4.98 Å². The van der Waals surface area contributed by atoms with Crippen LogP contribution in [0.4, 0.5) is 0 Å². The van der Waals surface area contributed by atoms with Crippen molar-refractivity contribution in [3.05, 3.63) is 102 Å². The van der Waals surface area contributed by atoms with E-state index >= 15 is 0 Å². The molecular formula is C28H26NO4Pt-. The van der Waals surface area contributed by atoms with Gasteiger partial charge in [-0.25, -0.2) is 0 Å². The largest absolute Gasteiger partial charge is 0.512 e. The standard InChI is InChI=1S/C23H18NO2.C5H8O2.Pt/c25-14-16-10-11-24-23(12-16)22-9-8-18(13-19(22)15-26)21-7-3-5-17-4-1-2-6-20(17)21;1-4(6)3-5(2)7;/h1-8,10-13,25-26H,14-15H2;3,6H,1-2H3;/q-1;;/b;4-3-;. The Labute approximate surface area is 213 Å². The molecule has 4 aromatic rings. The molecule has 5 nitrogen and oxygen atoms in total. The number of pyridine rings is 1. The first-order valence-corrected chi connectivity index (χ1v) is 10.5. The summed E-state index contributed by atoms with van der Waals surface area (Å²) >= 11 is 0. The van der Waals surface area contributed by atoms with E-state index in [4.69, 9.17) is 5.11 Å². The number of ketones is 1. The molecule has 0 amide bonds. The average molecular weight is 636 g/mol. The van der Waals surface area contributed by atoms with E-state index in [1.165, 1.54) is 30.7 Å². The molecule has 0 unspecified atom stereocenters. The van der Waals surface area contributed by atoms with Crippen molar-refractivity contribution in [3.63, 3.8) is 0 Å². The number of fused-ring (bicyclic) bond motifs is 1. The van der Waals surface area contributed by atoms with E-state index in [1.807, 2.05) is 36.4 Å². The summed E-state index contributed by atoms with van der Waals surface area (Å²) in [6, 6.07) is 25.3. The number of allylic oxidation sites excluding steroid dienone is 2. The maximum absolute atomic E-state index is 10.0. The predicted octanol–water partition coefficient (Wildman–Crippen LogP) is 5.39. The molecule has 3 aromatic carbocycles. The van der Waals surface area contributed by atoms with Crippen LogP contribution < -0.4 is 0 Å². The first-order chi connectivity index (χ1) is 15.9. The van der Waals surface area contributed by atoms with Crippen LogP contribution in [0, 0.1) is 6.07 Å². The number of aromatic nitrogens is 1. The molecule has 0 aliphatic heterocycles. The van der Waals surface area contributed by atoms with Crippen LogP contribution in [-0.2, 0) is 39.1 Å². The summed E-state index contributed by atoms with van der Waals surface area (Å²) in [5.41, 5.74) is 5.12. The van der Waals surface area contributed by atoms with Crippen LogP contribution in [0.15, 0.2) is 84.8 Å². The molecule has 0 aliphatic carbocycles. The van der Waals surface area contributed by atoms with Crippen LogP contribution in [0.2, 0.25) is 0 Å². The second-order valence-electron chi connectivity index (χ2n) is 7.58. The third-order valence-electron chi connectivity index (χ3n) is 4.97. The zero-order valence-corrected chi connectivity index (χ0v) is 21.2. The van der Waals surface area contributed by atoms with Gasteiger partial charge >= 0.3 is 0 Å². The van der Waals surface area contributed by atoms with Crippen LogP contribution in [0.1, 0.15) is 25.0 Å². The summed E-state index contributed by atoms with van der Waals surface area (Å²) in [6.45, 7) is 2.70. The van der Waals surface area contributed by atoms with Gasteiger partial charge in [0.15, 0.2) is 5.78 Å². The number of hydrogen-bond acceptors (Lipinski definition) is 5. The number of aliphatic hydroxyl groups excluding tert-OH is 3. The molecule has 0 aliphatic rings. The van der Waals surface area contributed by atoms with Crippen LogP contribution in [0.3, 0.4) is 0 Å². The summed E-state index contributed by atoms with van der Waals surface area (Å²) in [7, 11) is 0. The minimum absolute atomic E-state index is 0. The minimum atomic E-state index is -0.125. The molecule has 1 aromatic heterocycles. The monoisotopic (exact) mass is 635 g/mol. The van der Waals surface area contributed by atoms with E-state index < -0.39 is 0 Å². The first-order valence-electron chi connectivity index (χ1n) is 10.5. The molecule has 0 saturated heterocycles. The zero-order chi connectivity index (χ0) is 23.8. The number of benzene rings is 3. The van der Waals surface area contributed by atoms with Crippen LogP contribution >= 0.6 is 0 Å². The van der Waals surface area contributed by atoms with Crippen LogP contribution in [-0.4, -0.2) is 26.1 Å². The third kappa shape index (κ3) is 6.94. The summed E-state index contributed by atoms with van der Waals surface area (Å²) < 4.78 is 0. The van der Waals surface area contributed by atoms with Crippen molar-refractivity contribution < 1.29 is 41.2 Å². The average Bonchev–Trinajstić information content (AvgIpc) is 2.83. The van der Waals surface area contributed by atoms with Crippen molar-refractivity contribution in [2.45, 2.75) is 27.1 Å². The topological polar surface area (TPSA) is 90.7 Å². The quantitative estimate of drug-likeness (QED) is 0.156. The van der Waals surface area contributed by atoms with E-state index in [2.05, 4.69) is 35.3 Å². The van der Waals surface area contributed by atoms with E-state index in [0.29, 0.717) is 5.69 Å². The Bertz CT molecular complexity index is 1290. The molecule has 178 valence electrons. The Morgan fingerprint density at radius 3 is 2.38 bits per heavy atom. The van der Waals surface area contributed by atoms with Gasteiger partial charge in [0, 0.05) is 39.9 Å². The maximum Gasteiger partial charge on any atom is 0.155 e. The molecule has 0 fully saturated rings. The number of carbonyl (C=O) groups excluding carboxylic acids is 1. The summed E-state index contributed by atoms with van der Waals surface area (Å²) in [6.07, 6.45) is 2.83. The molecule has 0 saturated carbocycles. The van der Waals surface area contributed by atoms with Gasteiger partial charge in [-0.05, 0) is 41.9 Å². The van der Waals surface area contributed by atoms with E-state index in [-0.39, 0.29) is 45.8 Å². The van der Waals surface area contributed by atoms with Crippen molar-refractivity contribution in [3.8, 4) is 22.4 Å². The van der Waals surface area contributed by atoms with Crippen molar-refractivity contribution in [1.29, 1.82) is 0 Å². The first kappa shape index (κ1) is 27.1. The fourth-order valence-corrected chi connectivity index (χ4v) is 3.54. The number of hydrogen-bond donors (Lipinski definition) is 3. The molecule has 0 radical (unpaired) electrons. The minimum Gasteiger partial charge on any atom is -0.512 e. The molecule has 0 spiro atoms. The summed E-state index contributed by atoms with van der Waals surface area (Å²) in [5, 5.41) is 29.9. The van der Waals surface area contributed by atoms with Crippen molar-refractivity contribution in [2.75, 3.05) is 0 Å². The number of rotatable bonds is 5. The number of aliphatic hydroxyl groups is 3. The molecule has 3 N–H and O–H groups in total. The van der Waals surface area contributed by atoms with Gasteiger partial charge in [-0.1, -0.05) is 59.7 Å². The molecule has 4 rings (SSSR count). The number of carbonyl (C=O) groups is 1. The van der Waals surface area contributed by atoms with Gasteiger partial charge in [0.1, 0.15) is 0 Å². The third-order valence-corrected chi connectivity index (χ3v) is 4.97. The summed E-state index contributed by atoms with van der Waals surface area (Å²) in [5.74, 6) is -0.0625. The van der Waals surface area contributed by atoms with Gasteiger partial charge in [0.25, 0.3) is 0 Å². The maximum atomic E-state index is 10.0. The Morgan fingerprint density at radius 2 is 1.74 bits per heavy atom. The molecule has 0 bridgehead atoms. The van der Waals surface area contributed by atoms with Gasteiger partial charge in [0.05, 0.1) is 12.4 Å². The Morgan fingerprint density at radius 1 is 1.00 bits per heavy atom.